The Kier molecular flexibility index (Phi) is 7.58. The maximum absolute atomic E-state index is 6.56. The summed E-state index contributed by atoms with van der Waals surface area (Å²) >= 11 is 6.56. The maximum Gasteiger partial charge on any atom is 0.120 e. The Morgan fingerprint density at radius 1 is 1.38 bits per heavy atom. The fraction of sp³-hybridized carbons (Fsp3) is 0.500. The van der Waals surface area contributed by atoms with Crippen LogP contribution in [0.3, 0.4) is 0 Å². The standard InChI is InChI=1S/C22H30ClN5O/c1-5-21(27(4)24-3)25-16(2)20-15-17-7-6-8-18(23)22(17)19(26-20)9-10-28-11-13-29-14-12-28/h6-8,15-16H,3,5,9-14H2,1-2,4H3. The van der Waals surface area contributed by atoms with Gasteiger partial charge in [0.15, 0.2) is 0 Å². The van der Waals surface area contributed by atoms with E-state index in [4.69, 9.17) is 26.3 Å². The number of amidine groups is 1. The van der Waals surface area contributed by atoms with Crippen molar-refractivity contribution in [1.29, 1.82) is 0 Å². The number of benzene rings is 1. The van der Waals surface area contributed by atoms with Crippen LogP contribution in [0.4, 0.5) is 0 Å². The molecule has 1 atom stereocenters. The third-order valence-electron chi connectivity index (χ3n) is 5.34. The number of nitrogens with zero attached hydrogens (tertiary/aromatic N) is 5. The Labute approximate surface area is 178 Å². The first-order valence-corrected chi connectivity index (χ1v) is 10.6. The van der Waals surface area contributed by atoms with Crippen molar-refractivity contribution < 1.29 is 4.74 Å². The molecular formula is C22H30ClN5O. The van der Waals surface area contributed by atoms with Gasteiger partial charge in [0.25, 0.3) is 0 Å². The number of hydrazone groups is 1. The highest BCUT2D eigenvalue weighted by Crippen LogP contribution is 2.29. The molecule has 0 N–H and O–H groups in total. The molecule has 7 heteroatoms. The van der Waals surface area contributed by atoms with E-state index in [1.807, 2.05) is 19.2 Å². The largest absolute Gasteiger partial charge is 0.379 e. The second kappa shape index (κ2) is 10.1. The third kappa shape index (κ3) is 5.32. The summed E-state index contributed by atoms with van der Waals surface area (Å²) in [5.74, 6) is 0.885. The van der Waals surface area contributed by atoms with Gasteiger partial charge in [0.05, 0.1) is 35.7 Å². The van der Waals surface area contributed by atoms with E-state index < -0.39 is 0 Å². The van der Waals surface area contributed by atoms with Crippen LogP contribution in [0.1, 0.15) is 37.7 Å². The second-order valence-corrected chi connectivity index (χ2v) is 7.68. The Balaban J connectivity index is 1.93. The van der Waals surface area contributed by atoms with Crippen molar-refractivity contribution >= 4 is 34.9 Å². The summed E-state index contributed by atoms with van der Waals surface area (Å²) in [6.07, 6.45) is 1.63. The molecule has 1 aromatic heterocycles. The number of hydrogen-bond acceptors (Lipinski definition) is 5. The molecule has 1 saturated heterocycles. The minimum absolute atomic E-state index is 0.0836. The van der Waals surface area contributed by atoms with Crippen LogP contribution in [0, 0.1) is 0 Å². The van der Waals surface area contributed by atoms with Gasteiger partial charge >= 0.3 is 0 Å². The molecule has 6 nitrogen and oxygen atoms in total. The molecule has 0 bridgehead atoms. The van der Waals surface area contributed by atoms with Gasteiger partial charge in [-0.25, -0.2) is 0 Å². The van der Waals surface area contributed by atoms with Gasteiger partial charge in [-0.05, 0) is 24.4 Å². The topological polar surface area (TPSA) is 53.3 Å². The van der Waals surface area contributed by atoms with E-state index in [2.05, 4.69) is 42.7 Å². The fourth-order valence-electron chi connectivity index (χ4n) is 3.63. The van der Waals surface area contributed by atoms with Gasteiger partial charge in [0, 0.05) is 51.6 Å². The lowest BCUT2D eigenvalue weighted by Crippen LogP contribution is -2.37. The molecule has 1 aliphatic rings. The Hall–Kier alpha value is -2.02. The van der Waals surface area contributed by atoms with Crippen LogP contribution >= 0.6 is 11.6 Å². The SMILES string of the molecule is C=NN(C)C(CC)=NC(C)c1cc2cccc(Cl)c2c(CCN2CCOCC2)n1. The van der Waals surface area contributed by atoms with E-state index in [-0.39, 0.29) is 6.04 Å². The van der Waals surface area contributed by atoms with Gasteiger partial charge in [-0.15, -0.1) is 0 Å². The molecule has 0 radical (unpaired) electrons. The van der Waals surface area contributed by atoms with Crippen LogP contribution in [-0.2, 0) is 11.2 Å². The van der Waals surface area contributed by atoms with Crippen LogP contribution in [0.2, 0.25) is 5.02 Å². The summed E-state index contributed by atoms with van der Waals surface area (Å²) in [6, 6.07) is 8.03. The van der Waals surface area contributed by atoms with Crippen molar-refractivity contribution in [2.24, 2.45) is 10.1 Å². The lowest BCUT2D eigenvalue weighted by molar-refractivity contribution is 0.0384. The lowest BCUT2D eigenvalue weighted by Gasteiger charge is -2.26. The maximum atomic E-state index is 6.56. The number of fused-ring (bicyclic) bond motifs is 1. The summed E-state index contributed by atoms with van der Waals surface area (Å²) in [6.45, 7) is 12.2. The number of pyridine rings is 1. The van der Waals surface area contributed by atoms with Crippen molar-refractivity contribution in [3.63, 3.8) is 0 Å². The number of morpholine rings is 1. The van der Waals surface area contributed by atoms with E-state index in [1.165, 1.54) is 0 Å². The van der Waals surface area contributed by atoms with E-state index in [9.17, 15) is 0 Å². The molecule has 0 amide bonds. The van der Waals surface area contributed by atoms with Crippen molar-refractivity contribution in [1.82, 2.24) is 14.9 Å². The first-order valence-electron chi connectivity index (χ1n) is 10.2. The highest BCUT2D eigenvalue weighted by atomic mass is 35.5. The quantitative estimate of drug-likeness (QED) is 0.386. The van der Waals surface area contributed by atoms with Crippen LogP contribution in [-0.4, -0.2) is 67.3 Å². The summed E-state index contributed by atoms with van der Waals surface area (Å²) in [5, 5.41) is 8.58. The molecule has 1 aromatic carbocycles. The van der Waals surface area contributed by atoms with Crippen LogP contribution in [0.15, 0.2) is 34.4 Å². The van der Waals surface area contributed by atoms with Crippen LogP contribution < -0.4 is 0 Å². The molecule has 1 fully saturated rings. The minimum atomic E-state index is -0.0836. The molecule has 1 aliphatic heterocycles. The van der Waals surface area contributed by atoms with Gasteiger partial charge < -0.3 is 4.74 Å². The predicted octanol–water partition coefficient (Wildman–Crippen LogP) is 4.18. The average molecular weight is 416 g/mol. The summed E-state index contributed by atoms with van der Waals surface area (Å²) in [5.41, 5.74) is 1.98. The number of rotatable bonds is 7. The van der Waals surface area contributed by atoms with Crippen molar-refractivity contribution in [2.45, 2.75) is 32.7 Å². The molecule has 0 saturated carbocycles. The van der Waals surface area contributed by atoms with Gasteiger partial charge in [-0.3, -0.25) is 19.9 Å². The summed E-state index contributed by atoms with van der Waals surface area (Å²) < 4.78 is 5.46. The van der Waals surface area contributed by atoms with Crippen LogP contribution in [0.5, 0.6) is 0 Å². The van der Waals surface area contributed by atoms with E-state index >= 15 is 0 Å². The van der Waals surface area contributed by atoms with Gasteiger partial charge in [-0.2, -0.15) is 5.10 Å². The first kappa shape index (κ1) is 21.7. The average Bonchev–Trinajstić information content (AvgIpc) is 2.75. The second-order valence-electron chi connectivity index (χ2n) is 7.28. The summed E-state index contributed by atoms with van der Waals surface area (Å²) in [4.78, 5) is 12.3. The molecule has 3 rings (SSSR count). The molecule has 1 unspecified atom stereocenters. The van der Waals surface area contributed by atoms with Gasteiger partial charge in [-0.1, -0.05) is 30.7 Å². The molecule has 156 valence electrons. The van der Waals surface area contributed by atoms with Gasteiger partial charge in [0.1, 0.15) is 5.84 Å². The normalized spacial score (nSPS) is 16.8. The number of aromatic nitrogens is 1. The molecule has 29 heavy (non-hydrogen) atoms. The highest BCUT2D eigenvalue weighted by Gasteiger charge is 2.16. The predicted molar refractivity (Wildman–Crippen MR) is 121 cm³/mol. The van der Waals surface area contributed by atoms with Gasteiger partial charge in [0.2, 0.25) is 0 Å². The van der Waals surface area contributed by atoms with Crippen molar-refractivity contribution in [2.75, 3.05) is 39.9 Å². The Morgan fingerprint density at radius 3 is 2.83 bits per heavy atom. The Morgan fingerprint density at radius 2 is 2.14 bits per heavy atom. The highest BCUT2D eigenvalue weighted by molar-refractivity contribution is 6.35. The van der Waals surface area contributed by atoms with Crippen molar-refractivity contribution in [3.8, 4) is 0 Å². The number of hydrogen-bond donors (Lipinski definition) is 0. The molecule has 2 heterocycles. The molecule has 0 spiro atoms. The van der Waals surface area contributed by atoms with Crippen LogP contribution in [0.25, 0.3) is 10.8 Å². The smallest absolute Gasteiger partial charge is 0.120 e. The summed E-state index contributed by atoms with van der Waals surface area (Å²) in [7, 11) is 1.86. The van der Waals surface area contributed by atoms with E-state index in [0.29, 0.717) is 0 Å². The zero-order chi connectivity index (χ0) is 20.8. The molecule has 2 aromatic rings. The number of ether oxygens (including phenoxy) is 1. The Bertz CT molecular complexity index is 879. The lowest BCUT2D eigenvalue weighted by atomic mass is 10.0. The molecule has 0 aliphatic carbocycles. The fourth-order valence-corrected chi connectivity index (χ4v) is 3.92. The third-order valence-corrected chi connectivity index (χ3v) is 5.66. The number of halogens is 1. The zero-order valence-corrected chi connectivity index (χ0v) is 18.3. The van der Waals surface area contributed by atoms with E-state index in [0.717, 1.165) is 78.7 Å². The van der Waals surface area contributed by atoms with Crippen molar-refractivity contribution in [3.05, 3.63) is 40.7 Å². The zero-order valence-electron chi connectivity index (χ0n) is 17.6. The first-order chi connectivity index (χ1) is 14.0. The van der Waals surface area contributed by atoms with E-state index in [1.54, 1.807) is 5.01 Å². The molecular weight excluding hydrogens is 386 g/mol. The number of aliphatic imine (C=N–C) groups is 1. The minimum Gasteiger partial charge on any atom is -0.379 e. The monoisotopic (exact) mass is 415 g/mol.